The molecule has 1 atom stereocenters. The van der Waals surface area contributed by atoms with Gasteiger partial charge in [-0.1, -0.05) is 0 Å². The third kappa shape index (κ3) is 4.80. The van der Waals surface area contributed by atoms with Crippen LogP contribution in [0.3, 0.4) is 0 Å². The van der Waals surface area contributed by atoms with Crippen molar-refractivity contribution in [1.29, 1.82) is 0 Å². The van der Waals surface area contributed by atoms with Crippen LogP contribution >= 0.6 is 0 Å². The summed E-state index contributed by atoms with van der Waals surface area (Å²) in [6.45, 7) is 0.472. The number of hydrogen-bond donors (Lipinski definition) is 2. The van der Waals surface area contributed by atoms with E-state index in [-0.39, 0.29) is 6.42 Å². The lowest BCUT2D eigenvalue weighted by molar-refractivity contribution is -0.133. The van der Waals surface area contributed by atoms with Crippen molar-refractivity contribution in [2.75, 3.05) is 6.54 Å². The van der Waals surface area contributed by atoms with Crippen LogP contribution in [0, 0.1) is 0 Å². The van der Waals surface area contributed by atoms with Gasteiger partial charge in [-0.25, -0.2) is 0 Å². The average molecular weight is 166 g/mol. The number of carbonyl (C=O) groups excluding carboxylic acids is 1. The van der Waals surface area contributed by atoms with E-state index in [1.807, 2.05) is 0 Å². The van der Waals surface area contributed by atoms with Gasteiger partial charge in [0.1, 0.15) is 6.04 Å². The van der Waals surface area contributed by atoms with Gasteiger partial charge in [0.05, 0.1) is 0 Å². The zero-order valence-electron chi connectivity index (χ0n) is 6.15. The molecule has 0 bridgehead atoms. The number of nitrogens with one attached hydrogen (secondary N) is 1. The first-order valence-corrected chi connectivity index (χ1v) is 3.48. The Hall–Kier alpha value is -0.550. The van der Waals surface area contributed by atoms with Gasteiger partial charge in [-0.3, -0.25) is 4.79 Å². The highest BCUT2D eigenvalue weighted by atomic mass is 19.2. The molecule has 0 radical (unpaired) electrons. The third-order valence-electron chi connectivity index (χ3n) is 1.35. The monoisotopic (exact) mass is 166 g/mol. The number of unbranched alkanes of at least 4 members (excludes halogenated alkanes) is 1. The SMILES string of the molecule is NCCCC[C@H](NF)C(=O)F. The summed E-state index contributed by atoms with van der Waals surface area (Å²) in [6, 6.07) is -2.97. The smallest absolute Gasteiger partial charge is 0.320 e. The first-order valence-electron chi connectivity index (χ1n) is 3.48. The van der Waals surface area contributed by atoms with Crippen LogP contribution in [0.5, 0.6) is 0 Å². The largest absolute Gasteiger partial charge is 0.330 e. The molecule has 3 nitrogen and oxygen atoms in total. The molecule has 0 saturated carbocycles. The van der Waals surface area contributed by atoms with E-state index < -0.39 is 12.1 Å². The van der Waals surface area contributed by atoms with Gasteiger partial charge in [0.2, 0.25) is 0 Å². The van der Waals surface area contributed by atoms with Gasteiger partial charge in [-0.2, -0.15) is 4.39 Å². The van der Waals surface area contributed by atoms with E-state index in [4.69, 9.17) is 5.73 Å². The molecular formula is C6H12F2N2O. The summed E-state index contributed by atoms with van der Waals surface area (Å²) in [6.07, 6.45) is 1.38. The van der Waals surface area contributed by atoms with Crippen LogP contribution in [0.1, 0.15) is 19.3 Å². The van der Waals surface area contributed by atoms with Crippen molar-refractivity contribution in [2.45, 2.75) is 25.3 Å². The molecule has 0 spiro atoms. The van der Waals surface area contributed by atoms with Gasteiger partial charge >= 0.3 is 6.04 Å². The predicted molar refractivity (Wildman–Crippen MR) is 37.1 cm³/mol. The third-order valence-corrected chi connectivity index (χ3v) is 1.35. The van der Waals surface area contributed by atoms with E-state index in [1.165, 1.54) is 0 Å². The summed E-state index contributed by atoms with van der Waals surface area (Å²) < 4.78 is 23.4. The Bertz CT molecular complexity index is 121. The highest BCUT2D eigenvalue weighted by Gasteiger charge is 2.16. The van der Waals surface area contributed by atoms with E-state index in [1.54, 1.807) is 0 Å². The fourth-order valence-corrected chi connectivity index (χ4v) is 0.704. The first kappa shape index (κ1) is 10.4. The van der Waals surface area contributed by atoms with Gasteiger partial charge < -0.3 is 5.73 Å². The maximum absolute atomic E-state index is 11.8. The fourth-order valence-electron chi connectivity index (χ4n) is 0.704. The quantitative estimate of drug-likeness (QED) is 0.342. The first-order chi connectivity index (χ1) is 5.22. The minimum absolute atomic E-state index is 0.156. The molecule has 0 unspecified atom stereocenters. The fraction of sp³-hybridized carbons (Fsp3) is 0.833. The number of rotatable bonds is 6. The molecule has 0 aliphatic heterocycles. The molecule has 0 saturated heterocycles. The van der Waals surface area contributed by atoms with Crippen LogP contribution in [0.25, 0.3) is 0 Å². The maximum Gasteiger partial charge on any atom is 0.320 e. The van der Waals surface area contributed by atoms with Crippen LogP contribution in [-0.4, -0.2) is 18.6 Å². The molecule has 0 rings (SSSR count). The molecule has 0 fully saturated rings. The van der Waals surface area contributed by atoms with E-state index in [2.05, 4.69) is 0 Å². The second-order valence-corrected chi connectivity index (χ2v) is 2.25. The Kier molecular flexibility index (Phi) is 5.87. The summed E-state index contributed by atoms with van der Waals surface area (Å²) in [5.74, 6) is 0. The minimum Gasteiger partial charge on any atom is -0.330 e. The average Bonchev–Trinajstić information content (AvgIpc) is 1.97. The number of carbonyl (C=O) groups is 1. The topological polar surface area (TPSA) is 55.1 Å². The second kappa shape index (κ2) is 6.18. The lowest BCUT2D eigenvalue weighted by Gasteiger charge is -2.05. The Labute approximate surface area is 63.9 Å². The molecule has 11 heavy (non-hydrogen) atoms. The molecule has 0 heterocycles. The van der Waals surface area contributed by atoms with Gasteiger partial charge in [-0.15, -0.1) is 10.0 Å². The molecule has 0 aromatic heterocycles. The molecule has 0 amide bonds. The molecule has 0 aromatic rings. The van der Waals surface area contributed by atoms with Crippen molar-refractivity contribution in [3.63, 3.8) is 0 Å². The van der Waals surface area contributed by atoms with Crippen LogP contribution in [0.15, 0.2) is 0 Å². The standard InChI is InChI=1S/C6H12F2N2O/c7-6(11)5(10-8)3-1-2-4-9/h5,10H,1-4,9H2/t5-/m0/s1. The number of nitrogens with two attached hydrogens (primary N) is 1. The van der Waals surface area contributed by atoms with Gasteiger partial charge in [-0.05, 0) is 25.8 Å². The van der Waals surface area contributed by atoms with Crippen molar-refractivity contribution in [3.8, 4) is 0 Å². The maximum atomic E-state index is 11.8. The summed E-state index contributed by atoms with van der Waals surface area (Å²) in [5.41, 5.74) is 6.23. The van der Waals surface area contributed by atoms with Crippen molar-refractivity contribution in [2.24, 2.45) is 5.73 Å². The Balaban J connectivity index is 3.44. The highest BCUT2D eigenvalue weighted by molar-refractivity contribution is 5.74. The zero-order valence-corrected chi connectivity index (χ0v) is 6.15. The lowest BCUT2D eigenvalue weighted by Crippen LogP contribution is -2.28. The van der Waals surface area contributed by atoms with Crippen molar-refractivity contribution in [1.82, 2.24) is 5.54 Å². The van der Waals surface area contributed by atoms with Crippen LogP contribution in [0.4, 0.5) is 8.87 Å². The van der Waals surface area contributed by atoms with E-state index in [0.29, 0.717) is 19.4 Å². The molecule has 0 aliphatic rings. The Morgan fingerprint density at radius 1 is 1.55 bits per heavy atom. The van der Waals surface area contributed by atoms with Crippen LogP contribution < -0.4 is 11.3 Å². The molecule has 66 valence electrons. The van der Waals surface area contributed by atoms with Crippen molar-refractivity contribution in [3.05, 3.63) is 0 Å². The summed E-state index contributed by atoms with van der Waals surface area (Å²) in [7, 11) is 0. The summed E-state index contributed by atoms with van der Waals surface area (Å²) in [5, 5.41) is 0. The summed E-state index contributed by atoms with van der Waals surface area (Å²) >= 11 is 0. The summed E-state index contributed by atoms with van der Waals surface area (Å²) in [4.78, 5) is 9.97. The van der Waals surface area contributed by atoms with Gasteiger partial charge in [0.25, 0.3) is 0 Å². The second-order valence-electron chi connectivity index (χ2n) is 2.25. The molecule has 5 heteroatoms. The lowest BCUT2D eigenvalue weighted by atomic mass is 10.1. The van der Waals surface area contributed by atoms with Gasteiger partial charge in [0.15, 0.2) is 0 Å². The van der Waals surface area contributed by atoms with E-state index >= 15 is 0 Å². The number of halogens is 2. The number of hydrogen-bond acceptors (Lipinski definition) is 3. The molecule has 0 aromatic carbocycles. The van der Waals surface area contributed by atoms with Gasteiger partial charge in [0, 0.05) is 0 Å². The predicted octanol–water partition coefficient (Wildman–Crippen LogP) is 0.454. The minimum atomic E-state index is -1.66. The highest BCUT2D eigenvalue weighted by Crippen LogP contribution is 2.01. The zero-order chi connectivity index (χ0) is 8.69. The van der Waals surface area contributed by atoms with Crippen molar-refractivity contribution < 1.29 is 13.7 Å². The Morgan fingerprint density at radius 3 is 2.55 bits per heavy atom. The molecule has 3 N–H and O–H groups in total. The molecule has 0 aliphatic carbocycles. The van der Waals surface area contributed by atoms with E-state index in [0.717, 1.165) is 5.54 Å². The van der Waals surface area contributed by atoms with E-state index in [9.17, 15) is 13.7 Å². The van der Waals surface area contributed by atoms with Crippen LogP contribution in [0.2, 0.25) is 0 Å². The Morgan fingerprint density at radius 2 is 2.18 bits per heavy atom. The molecular weight excluding hydrogens is 154 g/mol. The van der Waals surface area contributed by atoms with Crippen LogP contribution in [-0.2, 0) is 4.79 Å². The van der Waals surface area contributed by atoms with Crippen molar-refractivity contribution >= 4 is 6.04 Å². The normalized spacial score (nSPS) is 13.0.